The molecule has 1 heterocycles. The fourth-order valence-corrected chi connectivity index (χ4v) is 3.90. The maximum absolute atomic E-state index is 11.7. The van der Waals surface area contributed by atoms with Crippen molar-refractivity contribution in [2.45, 2.75) is 41.9 Å². The summed E-state index contributed by atoms with van der Waals surface area (Å²) >= 11 is 5.02. The first-order valence-electron chi connectivity index (χ1n) is 6.46. The van der Waals surface area contributed by atoms with Crippen molar-refractivity contribution < 1.29 is 0 Å². The van der Waals surface area contributed by atoms with E-state index in [0.717, 1.165) is 32.9 Å². The molecular formula is C13H15BrN4OS. The van der Waals surface area contributed by atoms with E-state index < -0.39 is 0 Å². The van der Waals surface area contributed by atoms with Crippen molar-refractivity contribution in [1.29, 1.82) is 0 Å². The lowest BCUT2D eigenvalue weighted by molar-refractivity contribution is 0.642. The fraction of sp³-hybridized carbons (Fsp3) is 0.385. The molecule has 106 valence electrons. The number of H-pyrrole nitrogens is 1. The summed E-state index contributed by atoms with van der Waals surface area (Å²) in [5, 5.41) is 7.36. The van der Waals surface area contributed by atoms with Crippen LogP contribution in [0.4, 0.5) is 0 Å². The Morgan fingerprint density at radius 2 is 2.30 bits per heavy atom. The van der Waals surface area contributed by atoms with Gasteiger partial charge in [-0.2, -0.15) is 0 Å². The molecule has 2 aromatic rings. The molecule has 0 bridgehead atoms. The van der Waals surface area contributed by atoms with E-state index in [9.17, 15) is 4.79 Å². The number of aromatic nitrogens is 3. The number of nitrogens with two attached hydrogens (primary N) is 1. The standard InChI is InChI=1S/C13H15BrN4OS/c1-7(15)10-5-4-9(6-11(10)14)20-13-17-16-12(19)18(13)8-2-3-8/h4-8H,2-3,15H2,1H3,(H,16,19). The highest BCUT2D eigenvalue weighted by molar-refractivity contribution is 9.10. The summed E-state index contributed by atoms with van der Waals surface area (Å²) in [6.07, 6.45) is 2.11. The lowest BCUT2D eigenvalue weighted by atomic mass is 10.1. The lowest BCUT2D eigenvalue weighted by Crippen LogP contribution is -2.16. The molecule has 1 aromatic carbocycles. The number of halogens is 1. The van der Waals surface area contributed by atoms with Gasteiger partial charge in [-0.25, -0.2) is 9.89 Å². The van der Waals surface area contributed by atoms with Gasteiger partial charge >= 0.3 is 5.69 Å². The molecule has 1 saturated carbocycles. The highest BCUT2D eigenvalue weighted by Crippen LogP contribution is 2.38. The average Bonchev–Trinajstić information content (AvgIpc) is 3.15. The highest BCUT2D eigenvalue weighted by atomic mass is 79.9. The Morgan fingerprint density at radius 3 is 2.90 bits per heavy atom. The minimum absolute atomic E-state index is 0.0153. The summed E-state index contributed by atoms with van der Waals surface area (Å²) in [7, 11) is 0. The van der Waals surface area contributed by atoms with Gasteiger partial charge in [-0.1, -0.05) is 22.0 Å². The first-order valence-corrected chi connectivity index (χ1v) is 8.07. The maximum atomic E-state index is 11.7. The quantitative estimate of drug-likeness (QED) is 0.884. The average molecular weight is 355 g/mol. The van der Waals surface area contributed by atoms with Gasteiger partial charge in [0.2, 0.25) is 0 Å². The number of hydrogen-bond acceptors (Lipinski definition) is 4. The van der Waals surface area contributed by atoms with E-state index in [-0.39, 0.29) is 11.7 Å². The molecule has 0 spiro atoms. The van der Waals surface area contributed by atoms with Crippen LogP contribution in [0.25, 0.3) is 0 Å². The first kappa shape index (κ1) is 13.9. The van der Waals surface area contributed by atoms with Crippen LogP contribution in [-0.2, 0) is 0 Å². The van der Waals surface area contributed by atoms with Gasteiger partial charge < -0.3 is 5.73 Å². The van der Waals surface area contributed by atoms with Gasteiger partial charge in [0.25, 0.3) is 0 Å². The fourth-order valence-electron chi connectivity index (χ4n) is 2.06. The van der Waals surface area contributed by atoms with Gasteiger partial charge in [-0.05, 0) is 49.2 Å². The van der Waals surface area contributed by atoms with Crippen molar-refractivity contribution in [2.75, 3.05) is 0 Å². The molecule has 1 aliphatic rings. The van der Waals surface area contributed by atoms with Gasteiger partial charge in [0.05, 0.1) is 0 Å². The third-order valence-corrected chi connectivity index (χ3v) is 4.90. The zero-order valence-corrected chi connectivity index (χ0v) is 13.4. The molecule has 5 nitrogen and oxygen atoms in total. The summed E-state index contributed by atoms with van der Waals surface area (Å²) in [5.74, 6) is 0. The van der Waals surface area contributed by atoms with E-state index in [1.54, 1.807) is 4.57 Å². The molecule has 0 radical (unpaired) electrons. The lowest BCUT2D eigenvalue weighted by Gasteiger charge is -2.10. The van der Waals surface area contributed by atoms with Gasteiger partial charge in [0, 0.05) is 21.5 Å². The number of hydrogen-bond donors (Lipinski definition) is 2. The predicted octanol–water partition coefficient (Wildman–Crippen LogP) is 2.84. The van der Waals surface area contributed by atoms with Crippen LogP contribution in [0.1, 0.15) is 37.4 Å². The SMILES string of the molecule is CC(N)c1ccc(Sc2n[nH]c(=O)n2C2CC2)cc1Br. The molecule has 1 atom stereocenters. The number of rotatable bonds is 4. The number of nitrogens with zero attached hydrogens (tertiary/aromatic N) is 2. The highest BCUT2D eigenvalue weighted by Gasteiger charge is 2.28. The number of aromatic amines is 1. The van der Waals surface area contributed by atoms with E-state index in [2.05, 4.69) is 26.1 Å². The maximum Gasteiger partial charge on any atom is 0.344 e. The van der Waals surface area contributed by atoms with Crippen molar-refractivity contribution >= 4 is 27.7 Å². The van der Waals surface area contributed by atoms with E-state index in [1.807, 2.05) is 25.1 Å². The molecule has 0 saturated heterocycles. The molecule has 20 heavy (non-hydrogen) atoms. The monoisotopic (exact) mass is 354 g/mol. The third-order valence-electron chi connectivity index (χ3n) is 3.26. The first-order chi connectivity index (χ1) is 9.56. The summed E-state index contributed by atoms with van der Waals surface area (Å²) in [6, 6.07) is 6.32. The Morgan fingerprint density at radius 1 is 1.55 bits per heavy atom. The largest absolute Gasteiger partial charge is 0.344 e. The van der Waals surface area contributed by atoms with Crippen molar-refractivity contribution in [1.82, 2.24) is 14.8 Å². The second kappa shape index (κ2) is 5.38. The summed E-state index contributed by atoms with van der Waals surface area (Å²) in [6.45, 7) is 1.95. The summed E-state index contributed by atoms with van der Waals surface area (Å²) in [4.78, 5) is 12.8. The number of nitrogens with one attached hydrogen (secondary N) is 1. The van der Waals surface area contributed by atoms with Crippen molar-refractivity contribution in [3.8, 4) is 0 Å². The Labute approximate surface area is 129 Å². The molecular weight excluding hydrogens is 340 g/mol. The van der Waals surface area contributed by atoms with Crippen molar-refractivity contribution in [3.05, 3.63) is 38.7 Å². The van der Waals surface area contributed by atoms with E-state index in [0.29, 0.717) is 6.04 Å². The zero-order chi connectivity index (χ0) is 14.3. The smallest absolute Gasteiger partial charge is 0.324 e. The molecule has 3 N–H and O–H groups in total. The van der Waals surface area contributed by atoms with Crippen LogP contribution >= 0.6 is 27.7 Å². The number of benzene rings is 1. The van der Waals surface area contributed by atoms with E-state index in [1.165, 1.54) is 11.8 Å². The van der Waals surface area contributed by atoms with Gasteiger partial charge in [0.15, 0.2) is 5.16 Å². The van der Waals surface area contributed by atoms with Crippen LogP contribution in [0.2, 0.25) is 0 Å². The van der Waals surface area contributed by atoms with Crippen LogP contribution in [0, 0.1) is 0 Å². The van der Waals surface area contributed by atoms with Crippen LogP contribution in [0.3, 0.4) is 0 Å². The molecule has 1 aliphatic carbocycles. The minimum Gasteiger partial charge on any atom is -0.324 e. The normalized spacial score (nSPS) is 16.4. The van der Waals surface area contributed by atoms with E-state index in [4.69, 9.17) is 5.73 Å². The predicted molar refractivity (Wildman–Crippen MR) is 82.0 cm³/mol. The molecule has 1 unspecified atom stereocenters. The molecule has 3 rings (SSSR count). The van der Waals surface area contributed by atoms with Crippen molar-refractivity contribution in [2.24, 2.45) is 5.73 Å². The second-order valence-corrected chi connectivity index (χ2v) is 6.88. The molecule has 1 aromatic heterocycles. The summed E-state index contributed by atoms with van der Waals surface area (Å²) < 4.78 is 2.73. The molecule has 7 heteroatoms. The topological polar surface area (TPSA) is 76.7 Å². The van der Waals surface area contributed by atoms with Crippen LogP contribution in [0.5, 0.6) is 0 Å². The van der Waals surface area contributed by atoms with Gasteiger partial charge in [-0.3, -0.25) is 4.57 Å². The Kier molecular flexibility index (Phi) is 3.74. The molecule has 1 fully saturated rings. The van der Waals surface area contributed by atoms with E-state index >= 15 is 0 Å². The van der Waals surface area contributed by atoms with Gasteiger partial charge in [0.1, 0.15) is 0 Å². The second-order valence-electron chi connectivity index (χ2n) is 4.99. The zero-order valence-electron chi connectivity index (χ0n) is 11.0. The minimum atomic E-state index is -0.124. The van der Waals surface area contributed by atoms with Gasteiger partial charge in [-0.15, -0.1) is 5.10 Å². The Bertz CT molecular complexity index is 690. The Balaban J connectivity index is 1.88. The van der Waals surface area contributed by atoms with Crippen molar-refractivity contribution in [3.63, 3.8) is 0 Å². The van der Waals surface area contributed by atoms with Crippen LogP contribution in [0.15, 0.2) is 37.5 Å². The summed E-state index contributed by atoms with van der Waals surface area (Å²) in [5.41, 5.74) is 6.83. The third kappa shape index (κ3) is 2.70. The molecule has 0 amide bonds. The Hall–Kier alpha value is -1.05. The van der Waals surface area contributed by atoms with Crippen LogP contribution < -0.4 is 11.4 Å². The van der Waals surface area contributed by atoms with Crippen LogP contribution in [-0.4, -0.2) is 14.8 Å². The molecule has 0 aliphatic heterocycles.